The Hall–Kier alpha value is -3.19. The molecule has 2 aromatic carbocycles. The van der Waals surface area contributed by atoms with E-state index in [1.807, 2.05) is 48.5 Å². The smallest absolute Gasteiger partial charge is 0.307 e. The number of hydrogen-bond acceptors (Lipinski definition) is 4. The molecule has 1 fully saturated rings. The van der Waals surface area contributed by atoms with E-state index in [9.17, 15) is 24.6 Å². The number of benzene rings is 2. The van der Waals surface area contributed by atoms with Crippen LogP contribution < -0.4 is 11.1 Å². The molecule has 43 heavy (non-hydrogen) atoms. The minimum Gasteiger partial charge on any atom is -0.481 e. The van der Waals surface area contributed by atoms with Gasteiger partial charge < -0.3 is 21.3 Å². The fourth-order valence-electron chi connectivity index (χ4n) is 6.90. The number of carboxylic acids is 2. The molecule has 236 valence electrons. The monoisotopic (exact) mass is 592 g/mol. The van der Waals surface area contributed by atoms with Crippen LogP contribution >= 0.6 is 0 Å². The van der Waals surface area contributed by atoms with Gasteiger partial charge >= 0.3 is 11.9 Å². The predicted molar refractivity (Wildman–Crippen MR) is 170 cm³/mol. The van der Waals surface area contributed by atoms with Gasteiger partial charge in [-0.2, -0.15) is 0 Å². The van der Waals surface area contributed by atoms with Gasteiger partial charge in [0, 0.05) is 18.0 Å². The Morgan fingerprint density at radius 3 is 2.02 bits per heavy atom. The Morgan fingerprint density at radius 1 is 0.837 bits per heavy atom. The van der Waals surface area contributed by atoms with E-state index in [0.717, 1.165) is 36.8 Å². The SMILES string of the molecule is CC(C)C[C@H](N)CC1CCC[C@H]1CC[C@@H](Cc1ccccc1)C(=O)N[C@H](CC[C@@H](CC(=O)O)C(=O)O)Cc1ccccc1. The molecule has 1 aliphatic rings. The van der Waals surface area contributed by atoms with Gasteiger partial charge in [0.25, 0.3) is 0 Å². The molecule has 0 spiro atoms. The summed E-state index contributed by atoms with van der Waals surface area (Å²) in [5.74, 6) is -1.68. The lowest BCUT2D eigenvalue weighted by Crippen LogP contribution is -2.41. The van der Waals surface area contributed by atoms with Gasteiger partial charge in [0.2, 0.25) is 5.91 Å². The van der Waals surface area contributed by atoms with Gasteiger partial charge in [0.05, 0.1) is 12.3 Å². The average Bonchev–Trinajstić information content (AvgIpc) is 3.39. The minimum atomic E-state index is -1.13. The first-order valence-corrected chi connectivity index (χ1v) is 16.2. The zero-order chi connectivity index (χ0) is 31.2. The maximum absolute atomic E-state index is 13.9. The molecule has 3 rings (SSSR count). The number of rotatable bonds is 19. The van der Waals surface area contributed by atoms with Gasteiger partial charge in [-0.25, -0.2) is 0 Å². The molecule has 5 N–H and O–H groups in total. The summed E-state index contributed by atoms with van der Waals surface area (Å²) < 4.78 is 0. The topological polar surface area (TPSA) is 130 Å². The molecule has 0 heterocycles. The second kappa shape index (κ2) is 17.8. The largest absolute Gasteiger partial charge is 0.481 e. The number of nitrogens with two attached hydrogens (primary N) is 1. The fraction of sp³-hybridized carbons (Fsp3) is 0.583. The zero-order valence-corrected chi connectivity index (χ0v) is 26.0. The molecule has 7 nitrogen and oxygen atoms in total. The van der Waals surface area contributed by atoms with Crippen LogP contribution in [0.2, 0.25) is 0 Å². The van der Waals surface area contributed by atoms with Crippen molar-refractivity contribution in [3.8, 4) is 0 Å². The van der Waals surface area contributed by atoms with Crippen molar-refractivity contribution >= 4 is 17.8 Å². The summed E-state index contributed by atoms with van der Waals surface area (Å²) in [5.41, 5.74) is 8.67. The molecule has 0 aromatic heterocycles. The average molecular weight is 593 g/mol. The van der Waals surface area contributed by atoms with Crippen molar-refractivity contribution in [3.63, 3.8) is 0 Å². The summed E-state index contributed by atoms with van der Waals surface area (Å²) in [6.45, 7) is 4.44. The van der Waals surface area contributed by atoms with E-state index < -0.39 is 24.3 Å². The molecule has 7 heteroatoms. The van der Waals surface area contributed by atoms with Crippen LogP contribution in [0.4, 0.5) is 0 Å². The number of nitrogens with one attached hydrogen (secondary N) is 1. The van der Waals surface area contributed by atoms with Crippen LogP contribution in [0.3, 0.4) is 0 Å². The van der Waals surface area contributed by atoms with Crippen molar-refractivity contribution in [1.82, 2.24) is 5.32 Å². The first-order valence-electron chi connectivity index (χ1n) is 16.2. The summed E-state index contributed by atoms with van der Waals surface area (Å²) in [5, 5.41) is 22.1. The molecular formula is C36H52N2O5. The molecule has 2 aromatic rings. The molecule has 0 saturated heterocycles. The van der Waals surface area contributed by atoms with Crippen LogP contribution in [0.15, 0.2) is 60.7 Å². The van der Waals surface area contributed by atoms with Crippen molar-refractivity contribution < 1.29 is 24.6 Å². The van der Waals surface area contributed by atoms with E-state index in [1.165, 1.54) is 19.3 Å². The van der Waals surface area contributed by atoms with Gasteiger partial charge in [-0.3, -0.25) is 14.4 Å². The molecule has 1 saturated carbocycles. The zero-order valence-electron chi connectivity index (χ0n) is 26.0. The van der Waals surface area contributed by atoms with E-state index in [-0.39, 0.29) is 30.3 Å². The van der Waals surface area contributed by atoms with Crippen LogP contribution in [-0.4, -0.2) is 40.1 Å². The summed E-state index contributed by atoms with van der Waals surface area (Å²) in [6, 6.07) is 19.9. The Kier molecular flexibility index (Phi) is 14.2. The highest BCUT2D eigenvalue weighted by Gasteiger charge is 2.31. The third kappa shape index (κ3) is 12.5. The molecule has 0 radical (unpaired) electrons. The Balaban J connectivity index is 1.72. The molecule has 1 amide bonds. The minimum absolute atomic E-state index is 0.0130. The molecule has 1 aliphatic carbocycles. The Bertz CT molecular complexity index is 1120. The molecule has 0 bridgehead atoms. The van der Waals surface area contributed by atoms with Crippen molar-refractivity contribution in [1.29, 1.82) is 0 Å². The van der Waals surface area contributed by atoms with Crippen molar-refractivity contribution in [2.75, 3.05) is 0 Å². The highest BCUT2D eigenvalue weighted by Crippen LogP contribution is 2.39. The summed E-state index contributed by atoms with van der Waals surface area (Å²) in [4.78, 5) is 36.9. The van der Waals surface area contributed by atoms with Gasteiger partial charge in [0.1, 0.15) is 0 Å². The highest BCUT2D eigenvalue weighted by molar-refractivity contribution is 5.79. The van der Waals surface area contributed by atoms with Crippen molar-refractivity contribution in [2.24, 2.45) is 35.3 Å². The lowest BCUT2D eigenvalue weighted by molar-refractivity contribution is -0.148. The second-order valence-corrected chi connectivity index (χ2v) is 13.1. The van der Waals surface area contributed by atoms with Gasteiger partial charge in [-0.1, -0.05) is 93.8 Å². The Labute approximate surface area is 257 Å². The van der Waals surface area contributed by atoms with Gasteiger partial charge in [-0.05, 0) is 80.2 Å². The maximum Gasteiger partial charge on any atom is 0.307 e. The van der Waals surface area contributed by atoms with Crippen LogP contribution in [0.5, 0.6) is 0 Å². The highest BCUT2D eigenvalue weighted by atomic mass is 16.4. The van der Waals surface area contributed by atoms with Crippen LogP contribution in [0.25, 0.3) is 0 Å². The normalized spacial score (nSPS) is 19.4. The summed E-state index contributed by atoms with van der Waals surface area (Å²) in [6.07, 6.45) is 8.85. The first-order chi connectivity index (χ1) is 20.6. The third-order valence-corrected chi connectivity index (χ3v) is 9.08. The number of amides is 1. The molecule has 6 atom stereocenters. The predicted octanol–water partition coefficient (Wildman–Crippen LogP) is 6.49. The Morgan fingerprint density at radius 2 is 1.44 bits per heavy atom. The van der Waals surface area contributed by atoms with Crippen LogP contribution in [0.1, 0.15) is 89.2 Å². The molecule has 1 unspecified atom stereocenters. The lowest BCUT2D eigenvalue weighted by atomic mass is 9.82. The third-order valence-electron chi connectivity index (χ3n) is 9.08. The molecule has 0 aliphatic heterocycles. The first kappa shape index (κ1) is 34.3. The fourth-order valence-corrected chi connectivity index (χ4v) is 6.90. The van der Waals surface area contributed by atoms with Gasteiger partial charge in [0.15, 0.2) is 0 Å². The van der Waals surface area contributed by atoms with Crippen molar-refractivity contribution in [2.45, 2.75) is 103 Å². The standard InChI is InChI=1S/C36H52N2O5/c1-25(2)20-32(37)23-29-15-9-14-28(29)16-17-30(21-26-10-5-3-6-11-26)35(41)38-33(22-27-12-7-4-8-13-27)19-18-31(36(42)43)24-34(39)40/h3-8,10-13,25,28-33H,9,14-24,37H2,1-2H3,(H,38,41)(H,39,40)(H,42,43)/t28-,29?,30-,31-,32-,33+/m0/s1. The quantitative estimate of drug-likeness (QED) is 0.148. The van der Waals surface area contributed by atoms with Gasteiger partial charge in [-0.15, -0.1) is 0 Å². The maximum atomic E-state index is 13.9. The number of carbonyl (C=O) groups excluding carboxylic acids is 1. The summed E-state index contributed by atoms with van der Waals surface area (Å²) >= 11 is 0. The number of carboxylic acid groups (broad SMARTS) is 2. The van der Waals surface area contributed by atoms with Crippen molar-refractivity contribution in [3.05, 3.63) is 71.8 Å². The summed E-state index contributed by atoms with van der Waals surface area (Å²) in [7, 11) is 0. The number of hydrogen-bond donors (Lipinski definition) is 4. The van der Waals surface area contributed by atoms with E-state index in [0.29, 0.717) is 37.0 Å². The number of aliphatic carboxylic acids is 2. The molecular weight excluding hydrogens is 540 g/mol. The lowest BCUT2D eigenvalue weighted by Gasteiger charge is -2.27. The van der Waals surface area contributed by atoms with Crippen LogP contribution in [0, 0.1) is 29.6 Å². The van der Waals surface area contributed by atoms with Crippen LogP contribution in [-0.2, 0) is 27.2 Å². The van der Waals surface area contributed by atoms with E-state index in [2.05, 4.69) is 31.3 Å². The van der Waals surface area contributed by atoms with E-state index in [4.69, 9.17) is 5.73 Å². The van der Waals surface area contributed by atoms with E-state index in [1.54, 1.807) is 0 Å². The second-order valence-electron chi connectivity index (χ2n) is 13.1. The number of carbonyl (C=O) groups is 3. The van der Waals surface area contributed by atoms with E-state index >= 15 is 0 Å².